The summed E-state index contributed by atoms with van der Waals surface area (Å²) in [4.78, 5) is 24.7. The van der Waals surface area contributed by atoms with Gasteiger partial charge in [-0.3, -0.25) is 25.5 Å². The SMILES string of the molecule is Cc1ccc(S(=O)(=O)N(C)CC(=O)NNC(=O)c2cn[nH]c2-c2ccccc2)cc1. The summed E-state index contributed by atoms with van der Waals surface area (Å²) in [6.45, 7) is 1.38. The molecule has 30 heavy (non-hydrogen) atoms. The zero-order valence-electron chi connectivity index (χ0n) is 16.4. The minimum Gasteiger partial charge on any atom is -0.277 e. The molecular formula is C20H21N5O4S. The molecule has 3 aromatic rings. The van der Waals surface area contributed by atoms with Crippen molar-refractivity contribution in [1.29, 1.82) is 0 Å². The molecule has 2 aromatic carbocycles. The lowest BCUT2D eigenvalue weighted by molar-refractivity contribution is -0.121. The van der Waals surface area contributed by atoms with Crippen LogP contribution in [0.1, 0.15) is 15.9 Å². The average Bonchev–Trinajstić information content (AvgIpc) is 3.23. The highest BCUT2D eigenvalue weighted by molar-refractivity contribution is 7.89. The van der Waals surface area contributed by atoms with Gasteiger partial charge < -0.3 is 0 Å². The Labute approximate surface area is 174 Å². The number of aromatic amines is 1. The van der Waals surface area contributed by atoms with Crippen molar-refractivity contribution in [3.8, 4) is 11.3 Å². The number of nitrogens with one attached hydrogen (secondary N) is 3. The first-order valence-corrected chi connectivity index (χ1v) is 10.4. The lowest BCUT2D eigenvalue weighted by Gasteiger charge is -2.17. The average molecular weight is 427 g/mol. The molecule has 0 bridgehead atoms. The smallest absolute Gasteiger partial charge is 0.273 e. The fourth-order valence-electron chi connectivity index (χ4n) is 2.69. The van der Waals surface area contributed by atoms with Crippen molar-refractivity contribution in [3.05, 3.63) is 71.9 Å². The van der Waals surface area contributed by atoms with E-state index >= 15 is 0 Å². The number of aromatic nitrogens is 2. The Kier molecular flexibility index (Phi) is 6.28. The molecule has 0 spiro atoms. The van der Waals surface area contributed by atoms with Crippen LogP contribution in [0.4, 0.5) is 0 Å². The van der Waals surface area contributed by atoms with Gasteiger partial charge in [-0.05, 0) is 19.1 Å². The second-order valence-corrected chi connectivity index (χ2v) is 8.65. The molecule has 0 saturated carbocycles. The summed E-state index contributed by atoms with van der Waals surface area (Å²) in [6.07, 6.45) is 1.35. The van der Waals surface area contributed by atoms with Crippen LogP contribution in [0, 0.1) is 6.92 Å². The third kappa shape index (κ3) is 4.73. The number of hydrogen-bond donors (Lipinski definition) is 3. The van der Waals surface area contributed by atoms with Gasteiger partial charge >= 0.3 is 0 Å². The van der Waals surface area contributed by atoms with Crippen molar-refractivity contribution in [2.75, 3.05) is 13.6 Å². The van der Waals surface area contributed by atoms with Crippen LogP contribution in [-0.2, 0) is 14.8 Å². The highest BCUT2D eigenvalue weighted by atomic mass is 32.2. The van der Waals surface area contributed by atoms with Crippen LogP contribution in [0.5, 0.6) is 0 Å². The Morgan fingerprint density at radius 1 is 1.03 bits per heavy atom. The van der Waals surface area contributed by atoms with E-state index in [2.05, 4.69) is 21.0 Å². The van der Waals surface area contributed by atoms with Gasteiger partial charge in [0.1, 0.15) is 0 Å². The van der Waals surface area contributed by atoms with Crippen molar-refractivity contribution < 1.29 is 18.0 Å². The molecule has 1 aromatic heterocycles. The maximum atomic E-state index is 12.6. The quantitative estimate of drug-likeness (QED) is 0.514. The number of carbonyl (C=O) groups is 2. The molecule has 0 fully saturated rings. The van der Waals surface area contributed by atoms with Gasteiger partial charge in [0.2, 0.25) is 10.0 Å². The van der Waals surface area contributed by atoms with E-state index < -0.39 is 28.4 Å². The Bertz CT molecular complexity index is 1140. The first kappa shape index (κ1) is 21.2. The summed E-state index contributed by atoms with van der Waals surface area (Å²) in [5, 5.41) is 6.63. The normalized spacial score (nSPS) is 11.3. The number of hydrazine groups is 1. The predicted octanol–water partition coefficient (Wildman–Crippen LogP) is 1.47. The lowest BCUT2D eigenvalue weighted by atomic mass is 10.1. The van der Waals surface area contributed by atoms with Gasteiger partial charge in [0.15, 0.2) is 0 Å². The monoisotopic (exact) mass is 427 g/mol. The molecule has 0 aliphatic rings. The van der Waals surface area contributed by atoms with E-state index in [9.17, 15) is 18.0 Å². The molecule has 3 rings (SSSR count). The van der Waals surface area contributed by atoms with Crippen LogP contribution < -0.4 is 10.9 Å². The number of nitrogens with zero attached hydrogens (tertiary/aromatic N) is 2. The van der Waals surface area contributed by atoms with Crippen molar-refractivity contribution in [2.24, 2.45) is 0 Å². The number of amides is 2. The molecule has 0 radical (unpaired) electrons. The van der Waals surface area contributed by atoms with E-state index in [0.29, 0.717) is 5.69 Å². The van der Waals surface area contributed by atoms with Crippen LogP contribution in [-0.4, -0.2) is 48.3 Å². The Balaban J connectivity index is 1.60. The first-order chi connectivity index (χ1) is 14.3. The van der Waals surface area contributed by atoms with Gasteiger partial charge in [0, 0.05) is 12.6 Å². The molecule has 3 N–H and O–H groups in total. The molecule has 2 amide bonds. The number of likely N-dealkylation sites (N-methyl/N-ethyl adjacent to an activating group) is 1. The number of aryl methyl sites for hydroxylation is 1. The van der Waals surface area contributed by atoms with E-state index in [1.807, 2.05) is 37.3 Å². The Hall–Kier alpha value is -3.50. The van der Waals surface area contributed by atoms with Crippen molar-refractivity contribution in [3.63, 3.8) is 0 Å². The van der Waals surface area contributed by atoms with E-state index in [0.717, 1.165) is 15.4 Å². The van der Waals surface area contributed by atoms with Crippen LogP contribution in [0.3, 0.4) is 0 Å². The van der Waals surface area contributed by atoms with Gasteiger partial charge in [0.05, 0.1) is 28.9 Å². The molecule has 0 unspecified atom stereocenters. The zero-order valence-corrected chi connectivity index (χ0v) is 17.2. The molecule has 0 atom stereocenters. The van der Waals surface area contributed by atoms with Crippen molar-refractivity contribution in [1.82, 2.24) is 25.4 Å². The molecule has 10 heteroatoms. The third-order valence-corrected chi connectivity index (χ3v) is 6.17. The Morgan fingerprint density at radius 2 is 1.70 bits per heavy atom. The Morgan fingerprint density at radius 3 is 2.37 bits per heavy atom. The summed E-state index contributed by atoms with van der Waals surface area (Å²) in [6, 6.07) is 15.4. The molecule has 0 aliphatic heterocycles. The van der Waals surface area contributed by atoms with Crippen molar-refractivity contribution in [2.45, 2.75) is 11.8 Å². The molecule has 0 aliphatic carbocycles. The standard InChI is InChI=1S/C20H21N5O4S/c1-14-8-10-16(11-9-14)30(28,29)25(2)13-18(26)22-24-20(27)17-12-21-23-19(17)15-6-4-3-5-7-15/h3-12H,13H2,1-2H3,(H,21,23)(H,22,26)(H,24,27). The zero-order chi connectivity index (χ0) is 21.7. The maximum Gasteiger partial charge on any atom is 0.273 e. The second-order valence-electron chi connectivity index (χ2n) is 6.60. The lowest BCUT2D eigenvalue weighted by Crippen LogP contribution is -2.46. The number of carbonyl (C=O) groups excluding carboxylic acids is 2. The van der Waals surface area contributed by atoms with Crippen LogP contribution >= 0.6 is 0 Å². The van der Waals surface area contributed by atoms with Crippen molar-refractivity contribution >= 4 is 21.8 Å². The topological polar surface area (TPSA) is 124 Å². The minimum absolute atomic E-state index is 0.0818. The molecule has 0 saturated heterocycles. The summed E-state index contributed by atoms with van der Waals surface area (Å²) in [5.74, 6) is -1.27. The van der Waals surface area contributed by atoms with Gasteiger partial charge in [-0.1, -0.05) is 48.0 Å². The van der Waals surface area contributed by atoms with Gasteiger partial charge in [-0.2, -0.15) is 9.40 Å². The molecular weight excluding hydrogens is 406 g/mol. The highest BCUT2D eigenvalue weighted by Crippen LogP contribution is 2.20. The maximum absolute atomic E-state index is 12.6. The highest BCUT2D eigenvalue weighted by Gasteiger charge is 2.23. The van der Waals surface area contributed by atoms with E-state index in [1.54, 1.807) is 12.1 Å². The number of H-pyrrole nitrogens is 1. The number of sulfonamides is 1. The van der Waals surface area contributed by atoms with E-state index in [-0.39, 0.29) is 10.5 Å². The van der Waals surface area contributed by atoms with Gasteiger partial charge in [0.25, 0.3) is 11.8 Å². The van der Waals surface area contributed by atoms with E-state index in [1.165, 1.54) is 25.4 Å². The molecule has 156 valence electrons. The largest absolute Gasteiger partial charge is 0.277 e. The number of rotatable bonds is 6. The van der Waals surface area contributed by atoms with Crippen LogP contribution in [0.2, 0.25) is 0 Å². The molecule has 1 heterocycles. The van der Waals surface area contributed by atoms with Crippen LogP contribution in [0.25, 0.3) is 11.3 Å². The number of benzene rings is 2. The first-order valence-electron chi connectivity index (χ1n) is 9.00. The van der Waals surface area contributed by atoms with Gasteiger partial charge in [-0.25, -0.2) is 8.42 Å². The summed E-state index contributed by atoms with van der Waals surface area (Å²) >= 11 is 0. The minimum atomic E-state index is -3.83. The summed E-state index contributed by atoms with van der Waals surface area (Å²) < 4.78 is 26.0. The molecule has 9 nitrogen and oxygen atoms in total. The number of hydrogen-bond acceptors (Lipinski definition) is 5. The van der Waals surface area contributed by atoms with E-state index in [4.69, 9.17) is 0 Å². The fraction of sp³-hybridized carbons (Fsp3) is 0.150. The van der Waals surface area contributed by atoms with Crippen LogP contribution in [0.15, 0.2) is 65.7 Å². The fourth-order valence-corrected chi connectivity index (χ4v) is 3.82. The van der Waals surface area contributed by atoms with Gasteiger partial charge in [-0.15, -0.1) is 0 Å². The second kappa shape index (κ2) is 8.89. The summed E-state index contributed by atoms with van der Waals surface area (Å²) in [7, 11) is -2.54. The summed E-state index contributed by atoms with van der Waals surface area (Å²) in [5.41, 5.74) is 6.93. The third-order valence-electron chi connectivity index (χ3n) is 4.36. The predicted molar refractivity (Wildman–Crippen MR) is 111 cm³/mol.